The molecule has 0 aliphatic heterocycles. The zero-order chi connectivity index (χ0) is 14.3. The van der Waals surface area contributed by atoms with E-state index < -0.39 is 0 Å². The molecular weight excluding hydrogens is 236 g/mol. The summed E-state index contributed by atoms with van der Waals surface area (Å²) in [6.45, 7) is 5.63. The molecule has 19 heavy (non-hydrogen) atoms. The van der Waals surface area contributed by atoms with E-state index in [9.17, 15) is 4.79 Å². The van der Waals surface area contributed by atoms with Crippen molar-refractivity contribution in [3.63, 3.8) is 0 Å². The van der Waals surface area contributed by atoms with Crippen LogP contribution in [-0.2, 0) is 17.6 Å². The summed E-state index contributed by atoms with van der Waals surface area (Å²) in [4.78, 5) is 13.3. The Bertz CT molecular complexity index is 384. The van der Waals surface area contributed by atoms with Gasteiger partial charge < -0.3 is 10.6 Å². The van der Waals surface area contributed by atoms with Gasteiger partial charge in [-0.2, -0.15) is 0 Å². The van der Waals surface area contributed by atoms with Gasteiger partial charge in [0.05, 0.1) is 0 Å². The molecule has 0 saturated carbocycles. The van der Waals surface area contributed by atoms with Crippen LogP contribution in [0.15, 0.2) is 24.3 Å². The van der Waals surface area contributed by atoms with Crippen LogP contribution in [-0.4, -0.2) is 30.9 Å². The minimum atomic E-state index is 0.124. The van der Waals surface area contributed by atoms with E-state index in [2.05, 4.69) is 38.1 Å². The van der Waals surface area contributed by atoms with Gasteiger partial charge in [-0.3, -0.25) is 4.79 Å². The van der Waals surface area contributed by atoms with Gasteiger partial charge in [0, 0.05) is 26.6 Å². The highest BCUT2D eigenvalue weighted by atomic mass is 16.2. The van der Waals surface area contributed by atoms with E-state index in [1.807, 2.05) is 7.05 Å². The fourth-order valence-corrected chi connectivity index (χ4v) is 2.05. The molecule has 1 aromatic carbocycles. The third kappa shape index (κ3) is 5.88. The van der Waals surface area contributed by atoms with Crippen LogP contribution in [0.4, 0.5) is 0 Å². The molecule has 0 fully saturated rings. The van der Waals surface area contributed by atoms with E-state index in [0.29, 0.717) is 18.9 Å². The van der Waals surface area contributed by atoms with Crippen molar-refractivity contribution >= 4 is 5.91 Å². The molecule has 1 amide bonds. The lowest BCUT2D eigenvalue weighted by atomic mass is 10.0. The molecule has 1 aromatic rings. The fourth-order valence-electron chi connectivity index (χ4n) is 2.05. The lowest BCUT2D eigenvalue weighted by molar-refractivity contribution is -0.129. The molecular formula is C16H26N2O. The highest BCUT2D eigenvalue weighted by Gasteiger charge is 2.07. The van der Waals surface area contributed by atoms with Crippen molar-refractivity contribution in [3.05, 3.63) is 35.4 Å². The van der Waals surface area contributed by atoms with Crippen LogP contribution < -0.4 is 5.73 Å². The zero-order valence-electron chi connectivity index (χ0n) is 12.4. The second kappa shape index (κ2) is 7.95. The third-order valence-corrected chi connectivity index (χ3v) is 3.19. The number of benzene rings is 1. The molecule has 2 N–H and O–H groups in total. The summed E-state index contributed by atoms with van der Waals surface area (Å²) in [6.07, 6.45) is 2.45. The van der Waals surface area contributed by atoms with Crippen LogP contribution in [0.5, 0.6) is 0 Å². The van der Waals surface area contributed by atoms with Gasteiger partial charge in [-0.05, 0) is 29.9 Å². The lowest BCUT2D eigenvalue weighted by Crippen LogP contribution is -2.30. The largest absolute Gasteiger partial charge is 0.345 e. The average Bonchev–Trinajstić information content (AvgIpc) is 2.37. The topological polar surface area (TPSA) is 46.3 Å². The van der Waals surface area contributed by atoms with Gasteiger partial charge >= 0.3 is 0 Å². The number of rotatable bonds is 7. The Labute approximate surface area is 116 Å². The molecule has 0 aliphatic rings. The van der Waals surface area contributed by atoms with E-state index in [1.165, 1.54) is 11.1 Å². The molecule has 106 valence electrons. The Balaban J connectivity index is 2.43. The molecule has 0 unspecified atom stereocenters. The second-order valence-corrected chi connectivity index (χ2v) is 5.52. The van der Waals surface area contributed by atoms with Gasteiger partial charge in [-0.15, -0.1) is 0 Å². The number of hydrogen-bond donors (Lipinski definition) is 1. The molecule has 1 rings (SSSR count). The first-order valence-electron chi connectivity index (χ1n) is 7.04. The minimum absolute atomic E-state index is 0.124. The first-order chi connectivity index (χ1) is 9.02. The standard InChI is InChI=1S/C16H26N2O/c1-13(2)12-15-6-4-14(5-7-15)9-11-18(3)16(19)8-10-17/h4-7,13H,8-12,17H2,1-3H3. The van der Waals surface area contributed by atoms with Crippen molar-refractivity contribution in [2.45, 2.75) is 33.1 Å². The van der Waals surface area contributed by atoms with Crippen LogP contribution in [0.2, 0.25) is 0 Å². The Hall–Kier alpha value is -1.35. The highest BCUT2D eigenvalue weighted by Crippen LogP contribution is 2.10. The van der Waals surface area contributed by atoms with Gasteiger partial charge in [0.15, 0.2) is 0 Å². The number of likely N-dealkylation sites (N-methyl/N-ethyl adjacent to an activating group) is 1. The maximum absolute atomic E-state index is 11.6. The first-order valence-corrected chi connectivity index (χ1v) is 7.04. The van der Waals surface area contributed by atoms with Crippen molar-refractivity contribution in [1.82, 2.24) is 4.90 Å². The Morgan fingerprint density at radius 3 is 2.32 bits per heavy atom. The summed E-state index contributed by atoms with van der Waals surface area (Å²) in [6, 6.07) is 8.71. The van der Waals surface area contributed by atoms with Crippen molar-refractivity contribution in [1.29, 1.82) is 0 Å². The first kappa shape index (κ1) is 15.7. The fraction of sp³-hybridized carbons (Fsp3) is 0.562. The summed E-state index contributed by atoms with van der Waals surface area (Å²) in [7, 11) is 1.84. The second-order valence-electron chi connectivity index (χ2n) is 5.52. The van der Waals surface area contributed by atoms with Crippen molar-refractivity contribution in [2.75, 3.05) is 20.1 Å². The van der Waals surface area contributed by atoms with Gasteiger partial charge in [0.2, 0.25) is 5.91 Å². The van der Waals surface area contributed by atoms with Gasteiger partial charge in [-0.1, -0.05) is 38.1 Å². The van der Waals surface area contributed by atoms with Gasteiger partial charge in [0.25, 0.3) is 0 Å². The minimum Gasteiger partial charge on any atom is -0.345 e. The molecule has 0 atom stereocenters. The predicted octanol–water partition coefficient (Wildman–Crippen LogP) is 2.23. The number of carbonyl (C=O) groups is 1. The van der Waals surface area contributed by atoms with E-state index in [-0.39, 0.29) is 5.91 Å². The van der Waals surface area contributed by atoms with E-state index in [4.69, 9.17) is 5.73 Å². The molecule has 3 nitrogen and oxygen atoms in total. The number of carbonyl (C=O) groups excluding carboxylic acids is 1. The van der Waals surface area contributed by atoms with Gasteiger partial charge in [-0.25, -0.2) is 0 Å². The molecule has 0 aliphatic carbocycles. The normalized spacial score (nSPS) is 10.8. The molecule has 0 bridgehead atoms. The smallest absolute Gasteiger partial charge is 0.223 e. The molecule has 3 heteroatoms. The van der Waals surface area contributed by atoms with Crippen LogP contribution in [0, 0.1) is 5.92 Å². The van der Waals surface area contributed by atoms with E-state index in [0.717, 1.165) is 19.4 Å². The van der Waals surface area contributed by atoms with E-state index in [1.54, 1.807) is 4.90 Å². The maximum Gasteiger partial charge on any atom is 0.223 e. The van der Waals surface area contributed by atoms with E-state index >= 15 is 0 Å². The SMILES string of the molecule is CC(C)Cc1ccc(CCN(C)C(=O)CCN)cc1. The highest BCUT2D eigenvalue weighted by molar-refractivity contribution is 5.76. The van der Waals surface area contributed by atoms with Crippen molar-refractivity contribution < 1.29 is 4.79 Å². The number of amides is 1. The average molecular weight is 262 g/mol. The molecule has 0 saturated heterocycles. The molecule has 0 heterocycles. The summed E-state index contributed by atoms with van der Waals surface area (Å²) in [5, 5.41) is 0. The summed E-state index contributed by atoms with van der Waals surface area (Å²) in [5.41, 5.74) is 8.04. The zero-order valence-corrected chi connectivity index (χ0v) is 12.4. The lowest BCUT2D eigenvalue weighted by Gasteiger charge is -2.16. The summed E-state index contributed by atoms with van der Waals surface area (Å²) < 4.78 is 0. The van der Waals surface area contributed by atoms with Gasteiger partial charge in [0.1, 0.15) is 0 Å². The molecule has 0 spiro atoms. The van der Waals surface area contributed by atoms with Crippen LogP contribution in [0.3, 0.4) is 0 Å². The molecule has 0 aromatic heterocycles. The Kier molecular flexibility index (Phi) is 6.57. The Morgan fingerprint density at radius 2 is 1.79 bits per heavy atom. The quantitative estimate of drug-likeness (QED) is 0.819. The van der Waals surface area contributed by atoms with Crippen molar-refractivity contribution in [2.24, 2.45) is 11.7 Å². The van der Waals surface area contributed by atoms with Crippen LogP contribution >= 0.6 is 0 Å². The molecule has 0 radical (unpaired) electrons. The third-order valence-electron chi connectivity index (χ3n) is 3.19. The maximum atomic E-state index is 11.6. The summed E-state index contributed by atoms with van der Waals surface area (Å²) in [5.74, 6) is 0.810. The number of hydrogen-bond acceptors (Lipinski definition) is 2. The number of nitrogens with zero attached hydrogens (tertiary/aromatic N) is 1. The van der Waals surface area contributed by atoms with Crippen LogP contribution in [0.25, 0.3) is 0 Å². The number of nitrogens with two attached hydrogens (primary N) is 1. The summed E-state index contributed by atoms with van der Waals surface area (Å²) >= 11 is 0. The van der Waals surface area contributed by atoms with Crippen LogP contribution in [0.1, 0.15) is 31.4 Å². The Morgan fingerprint density at radius 1 is 1.21 bits per heavy atom. The predicted molar refractivity (Wildman–Crippen MR) is 80.0 cm³/mol. The van der Waals surface area contributed by atoms with Crippen molar-refractivity contribution in [3.8, 4) is 0 Å². The monoisotopic (exact) mass is 262 g/mol.